The number of carbonyl (C=O) groups excluding carboxylic acids is 1. The molecule has 0 aromatic heterocycles. The molecular formula is C13H15F3O4. The number of esters is 1. The van der Waals surface area contributed by atoms with E-state index in [1.165, 1.54) is 25.3 Å². The van der Waals surface area contributed by atoms with Crippen molar-refractivity contribution in [1.29, 1.82) is 0 Å². The first-order valence-corrected chi connectivity index (χ1v) is 5.69. The highest BCUT2D eigenvalue weighted by molar-refractivity contribution is 5.89. The Morgan fingerprint density at radius 3 is 2.45 bits per heavy atom. The van der Waals surface area contributed by atoms with Crippen LogP contribution in [0.15, 0.2) is 18.2 Å². The molecule has 0 fully saturated rings. The standard InChI is InChI=1S/C13H15F3O4/c1-8-4-5-9(11(17)19-3)6-10(8)20-7-12(2,18)13(14,15)16/h4-6,18H,7H2,1-3H3. The van der Waals surface area contributed by atoms with E-state index in [0.29, 0.717) is 12.5 Å². The van der Waals surface area contributed by atoms with Gasteiger partial charge in [-0.1, -0.05) is 6.07 Å². The Morgan fingerprint density at radius 2 is 1.95 bits per heavy atom. The second kappa shape index (κ2) is 5.70. The first kappa shape index (κ1) is 16.3. The van der Waals surface area contributed by atoms with Gasteiger partial charge in [-0.15, -0.1) is 0 Å². The third-order valence-corrected chi connectivity index (χ3v) is 2.73. The summed E-state index contributed by atoms with van der Waals surface area (Å²) < 4.78 is 47.0. The summed E-state index contributed by atoms with van der Waals surface area (Å²) in [6.45, 7) is 1.26. The topological polar surface area (TPSA) is 55.8 Å². The zero-order valence-electron chi connectivity index (χ0n) is 11.2. The third kappa shape index (κ3) is 3.63. The number of carbonyl (C=O) groups is 1. The highest BCUT2D eigenvalue weighted by Gasteiger charge is 2.50. The Hall–Kier alpha value is -1.76. The number of rotatable bonds is 4. The maximum Gasteiger partial charge on any atom is 0.420 e. The zero-order valence-corrected chi connectivity index (χ0v) is 11.2. The van der Waals surface area contributed by atoms with Crippen LogP contribution in [-0.4, -0.2) is 36.6 Å². The lowest BCUT2D eigenvalue weighted by Gasteiger charge is -2.26. The van der Waals surface area contributed by atoms with E-state index in [4.69, 9.17) is 4.74 Å². The molecule has 0 aliphatic carbocycles. The van der Waals surface area contributed by atoms with E-state index in [-0.39, 0.29) is 11.3 Å². The van der Waals surface area contributed by atoms with Gasteiger partial charge in [0, 0.05) is 0 Å². The summed E-state index contributed by atoms with van der Waals surface area (Å²) in [7, 11) is 1.19. The van der Waals surface area contributed by atoms with Gasteiger partial charge in [-0.3, -0.25) is 0 Å². The molecule has 0 heterocycles. The molecule has 7 heteroatoms. The molecule has 0 radical (unpaired) electrons. The average Bonchev–Trinajstić information content (AvgIpc) is 2.35. The van der Waals surface area contributed by atoms with Crippen LogP contribution in [0.25, 0.3) is 0 Å². The lowest BCUT2D eigenvalue weighted by atomic mass is 10.1. The van der Waals surface area contributed by atoms with Crippen molar-refractivity contribution in [3.8, 4) is 5.75 Å². The van der Waals surface area contributed by atoms with Gasteiger partial charge in [-0.25, -0.2) is 4.79 Å². The van der Waals surface area contributed by atoms with Gasteiger partial charge >= 0.3 is 12.1 Å². The maximum atomic E-state index is 12.5. The number of aryl methyl sites for hydroxylation is 1. The summed E-state index contributed by atoms with van der Waals surface area (Å²) in [4.78, 5) is 11.3. The molecule has 0 saturated carbocycles. The molecule has 20 heavy (non-hydrogen) atoms. The number of halogens is 3. The predicted molar refractivity (Wildman–Crippen MR) is 64.7 cm³/mol. The van der Waals surface area contributed by atoms with Crippen LogP contribution in [0.3, 0.4) is 0 Å². The van der Waals surface area contributed by atoms with E-state index in [9.17, 15) is 23.1 Å². The lowest BCUT2D eigenvalue weighted by molar-refractivity contribution is -0.260. The Morgan fingerprint density at radius 1 is 1.35 bits per heavy atom. The molecule has 0 bridgehead atoms. The molecule has 0 amide bonds. The number of ether oxygens (including phenoxy) is 2. The molecule has 0 saturated heterocycles. The first-order valence-electron chi connectivity index (χ1n) is 5.69. The van der Waals surface area contributed by atoms with Gasteiger partial charge < -0.3 is 14.6 Å². The lowest BCUT2D eigenvalue weighted by Crippen LogP contribution is -2.47. The monoisotopic (exact) mass is 292 g/mol. The molecule has 1 unspecified atom stereocenters. The van der Waals surface area contributed by atoms with Crippen molar-refractivity contribution < 1.29 is 32.5 Å². The van der Waals surface area contributed by atoms with Crippen LogP contribution in [0.1, 0.15) is 22.8 Å². The fourth-order valence-electron chi connectivity index (χ4n) is 1.30. The van der Waals surface area contributed by atoms with Gasteiger partial charge in [0.2, 0.25) is 0 Å². The normalized spacial score (nSPS) is 14.6. The Bertz CT molecular complexity index is 495. The second-order valence-corrected chi connectivity index (χ2v) is 4.53. The first-order chi connectivity index (χ1) is 9.08. The fourth-order valence-corrected chi connectivity index (χ4v) is 1.30. The average molecular weight is 292 g/mol. The molecule has 0 spiro atoms. The largest absolute Gasteiger partial charge is 0.490 e. The number of benzene rings is 1. The van der Waals surface area contributed by atoms with Gasteiger partial charge in [-0.2, -0.15) is 13.2 Å². The minimum atomic E-state index is -4.80. The van der Waals surface area contributed by atoms with Crippen LogP contribution in [0.5, 0.6) is 5.75 Å². The van der Waals surface area contributed by atoms with Crippen molar-refractivity contribution in [3.05, 3.63) is 29.3 Å². The second-order valence-electron chi connectivity index (χ2n) is 4.53. The van der Waals surface area contributed by atoms with Crippen LogP contribution in [0.4, 0.5) is 13.2 Å². The molecule has 1 atom stereocenters. The molecule has 0 aliphatic rings. The van der Waals surface area contributed by atoms with Gasteiger partial charge in [0.15, 0.2) is 5.60 Å². The van der Waals surface area contributed by atoms with Crippen molar-refractivity contribution in [2.45, 2.75) is 25.6 Å². The van der Waals surface area contributed by atoms with Crippen LogP contribution in [0.2, 0.25) is 0 Å². The summed E-state index contributed by atoms with van der Waals surface area (Å²) in [6, 6.07) is 4.26. The van der Waals surface area contributed by atoms with Crippen LogP contribution in [-0.2, 0) is 4.74 Å². The van der Waals surface area contributed by atoms with E-state index >= 15 is 0 Å². The van der Waals surface area contributed by atoms with E-state index in [0.717, 1.165) is 0 Å². The summed E-state index contributed by atoms with van der Waals surface area (Å²) in [6.07, 6.45) is -4.80. The number of hydrogen-bond donors (Lipinski definition) is 1. The number of hydrogen-bond acceptors (Lipinski definition) is 4. The predicted octanol–water partition coefficient (Wildman–Crippen LogP) is 2.47. The van der Waals surface area contributed by atoms with Crippen LogP contribution < -0.4 is 4.74 Å². The summed E-state index contributed by atoms with van der Waals surface area (Å²) >= 11 is 0. The van der Waals surface area contributed by atoms with E-state index in [1.807, 2.05) is 0 Å². The van der Waals surface area contributed by atoms with Crippen molar-refractivity contribution in [2.24, 2.45) is 0 Å². The highest BCUT2D eigenvalue weighted by Crippen LogP contribution is 2.31. The number of alkyl halides is 3. The quantitative estimate of drug-likeness (QED) is 0.866. The molecule has 0 aliphatic heterocycles. The summed E-state index contributed by atoms with van der Waals surface area (Å²) in [5.41, 5.74) is -2.28. The van der Waals surface area contributed by atoms with Gasteiger partial charge in [0.1, 0.15) is 12.4 Å². The van der Waals surface area contributed by atoms with Gasteiger partial charge in [-0.05, 0) is 31.5 Å². The van der Waals surface area contributed by atoms with Crippen molar-refractivity contribution in [2.75, 3.05) is 13.7 Å². The molecule has 1 aromatic carbocycles. The Kier molecular flexibility index (Phi) is 4.65. The number of aliphatic hydroxyl groups is 1. The molecule has 112 valence electrons. The van der Waals surface area contributed by atoms with E-state index < -0.39 is 24.4 Å². The SMILES string of the molecule is COC(=O)c1ccc(C)c(OCC(C)(O)C(F)(F)F)c1. The van der Waals surface area contributed by atoms with E-state index in [1.54, 1.807) is 6.92 Å². The Labute approximate surface area is 114 Å². The molecule has 1 aromatic rings. The van der Waals surface area contributed by atoms with Crippen molar-refractivity contribution in [3.63, 3.8) is 0 Å². The molecule has 1 rings (SSSR count). The maximum absolute atomic E-state index is 12.5. The van der Waals surface area contributed by atoms with Crippen molar-refractivity contribution in [1.82, 2.24) is 0 Å². The molecular weight excluding hydrogens is 277 g/mol. The zero-order chi connectivity index (χ0) is 15.6. The minimum Gasteiger partial charge on any atom is -0.490 e. The third-order valence-electron chi connectivity index (χ3n) is 2.73. The van der Waals surface area contributed by atoms with Gasteiger partial charge in [0.05, 0.1) is 12.7 Å². The molecule has 4 nitrogen and oxygen atoms in total. The summed E-state index contributed by atoms with van der Waals surface area (Å²) in [5, 5.41) is 9.29. The van der Waals surface area contributed by atoms with Crippen molar-refractivity contribution >= 4 is 5.97 Å². The van der Waals surface area contributed by atoms with Gasteiger partial charge in [0.25, 0.3) is 0 Å². The number of methoxy groups -OCH3 is 1. The van der Waals surface area contributed by atoms with Crippen LogP contribution in [0, 0.1) is 6.92 Å². The smallest absolute Gasteiger partial charge is 0.420 e. The highest BCUT2D eigenvalue weighted by atomic mass is 19.4. The summed E-state index contributed by atoms with van der Waals surface area (Å²) in [5.74, 6) is -0.546. The Balaban J connectivity index is 2.90. The van der Waals surface area contributed by atoms with E-state index in [2.05, 4.69) is 4.74 Å². The minimum absolute atomic E-state index is 0.0809. The fraction of sp³-hybridized carbons (Fsp3) is 0.462. The molecule has 1 N–H and O–H groups in total. The van der Waals surface area contributed by atoms with Crippen LogP contribution >= 0.6 is 0 Å².